The molecule has 0 spiro atoms. The molecule has 0 saturated heterocycles. The fraction of sp³-hybridized carbons (Fsp3) is 0.381. The largest absolute Gasteiger partial charge is 0.453 e. The SMILES string of the molecule is COC(=O)Nc1ccc2c(c1)NC(=O)C(C)CCCC[C@H](N)c1cc-2ccn1. The highest BCUT2D eigenvalue weighted by Crippen LogP contribution is 2.33. The van der Waals surface area contributed by atoms with Gasteiger partial charge in [-0.05, 0) is 42.7 Å². The van der Waals surface area contributed by atoms with E-state index >= 15 is 0 Å². The van der Waals surface area contributed by atoms with Gasteiger partial charge in [0.25, 0.3) is 0 Å². The normalized spacial score (nSPS) is 19.9. The molecule has 3 rings (SSSR count). The molecule has 7 nitrogen and oxygen atoms in total. The van der Waals surface area contributed by atoms with E-state index in [-0.39, 0.29) is 17.9 Å². The molecule has 2 aromatic rings. The van der Waals surface area contributed by atoms with Gasteiger partial charge in [0.15, 0.2) is 0 Å². The van der Waals surface area contributed by atoms with Crippen LogP contribution in [0, 0.1) is 5.92 Å². The lowest BCUT2D eigenvalue weighted by atomic mass is 9.99. The molecule has 1 unspecified atom stereocenters. The molecule has 1 aromatic carbocycles. The van der Waals surface area contributed by atoms with Crippen molar-refractivity contribution in [1.82, 2.24) is 4.98 Å². The molecule has 1 aromatic heterocycles. The number of nitrogens with one attached hydrogen (secondary N) is 2. The Morgan fingerprint density at radius 1 is 1.25 bits per heavy atom. The van der Waals surface area contributed by atoms with Gasteiger partial charge in [0, 0.05) is 29.4 Å². The number of pyridine rings is 1. The number of amides is 2. The standard InChI is InChI=1S/C21H26N4O3/c1-13-5-3-4-6-17(22)19-11-14(9-10-23-19)16-8-7-15(24-21(27)28-2)12-18(16)25-20(13)26/h7-13,17H,3-6,22H2,1-2H3,(H,24,27)(H,25,26)/t13?,17-/m0/s1. The molecule has 0 fully saturated rings. The first kappa shape index (κ1) is 19.8. The molecule has 2 heterocycles. The van der Waals surface area contributed by atoms with Gasteiger partial charge in [0.1, 0.15) is 0 Å². The molecule has 0 radical (unpaired) electrons. The number of benzene rings is 1. The van der Waals surface area contributed by atoms with E-state index in [9.17, 15) is 9.59 Å². The third-order valence-corrected chi connectivity index (χ3v) is 5.03. The lowest BCUT2D eigenvalue weighted by Gasteiger charge is -2.16. The molecule has 2 bridgehead atoms. The van der Waals surface area contributed by atoms with Crippen molar-refractivity contribution in [2.75, 3.05) is 17.7 Å². The Morgan fingerprint density at radius 2 is 2.04 bits per heavy atom. The Morgan fingerprint density at radius 3 is 2.82 bits per heavy atom. The summed E-state index contributed by atoms with van der Waals surface area (Å²) in [5.41, 5.74) is 10.1. The molecular formula is C21H26N4O3. The first-order valence-electron chi connectivity index (χ1n) is 9.49. The van der Waals surface area contributed by atoms with Crippen molar-refractivity contribution >= 4 is 23.4 Å². The molecule has 2 amide bonds. The van der Waals surface area contributed by atoms with Crippen LogP contribution in [-0.4, -0.2) is 24.1 Å². The van der Waals surface area contributed by atoms with E-state index in [1.165, 1.54) is 7.11 Å². The summed E-state index contributed by atoms with van der Waals surface area (Å²) >= 11 is 0. The first-order chi connectivity index (χ1) is 13.5. The van der Waals surface area contributed by atoms with Crippen LogP contribution in [0.1, 0.15) is 44.3 Å². The second kappa shape index (κ2) is 8.84. The van der Waals surface area contributed by atoms with Gasteiger partial charge >= 0.3 is 6.09 Å². The van der Waals surface area contributed by atoms with Crippen LogP contribution >= 0.6 is 0 Å². The lowest BCUT2D eigenvalue weighted by molar-refractivity contribution is -0.119. The van der Waals surface area contributed by atoms with Crippen LogP contribution in [0.3, 0.4) is 0 Å². The minimum absolute atomic E-state index is 0.0470. The zero-order valence-corrected chi connectivity index (χ0v) is 16.2. The zero-order chi connectivity index (χ0) is 20.1. The maximum absolute atomic E-state index is 12.7. The van der Waals surface area contributed by atoms with E-state index < -0.39 is 6.09 Å². The van der Waals surface area contributed by atoms with Gasteiger partial charge in [-0.1, -0.05) is 25.8 Å². The van der Waals surface area contributed by atoms with Crippen molar-refractivity contribution in [3.63, 3.8) is 0 Å². The van der Waals surface area contributed by atoms with E-state index in [0.717, 1.165) is 42.5 Å². The number of anilines is 2. The van der Waals surface area contributed by atoms with Crippen LogP contribution in [0.4, 0.5) is 16.2 Å². The smallest absolute Gasteiger partial charge is 0.411 e. The summed E-state index contributed by atoms with van der Waals surface area (Å²) in [6.45, 7) is 1.92. The van der Waals surface area contributed by atoms with E-state index in [4.69, 9.17) is 5.73 Å². The lowest BCUT2D eigenvalue weighted by Crippen LogP contribution is -2.21. The fourth-order valence-electron chi connectivity index (χ4n) is 3.31. The number of rotatable bonds is 1. The highest BCUT2D eigenvalue weighted by molar-refractivity contribution is 5.98. The number of nitrogens with zero attached hydrogens (tertiary/aromatic N) is 1. The summed E-state index contributed by atoms with van der Waals surface area (Å²) in [5, 5.41) is 5.65. The number of carbonyl (C=O) groups excluding carboxylic acids is 2. The Hall–Kier alpha value is -2.93. The predicted octanol–water partition coefficient (Wildman–Crippen LogP) is 4.08. The fourth-order valence-corrected chi connectivity index (χ4v) is 3.31. The van der Waals surface area contributed by atoms with E-state index in [1.54, 1.807) is 18.3 Å². The highest BCUT2D eigenvalue weighted by atomic mass is 16.5. The molecule has 148 valence electrons. The zero-order valence-electron chi connectivity index (χ0n) is 16.2. The molecule has 7 heteroatoms. The van der Waals surface area contributed by atoms with Crippen molar-refractivity contribution in [3.8, 4) is 11.1 Å². The van der Waals surface area contributed by atoms with Crippen molar-refractivity contribution in [2.24, 2.45) is 11.7 Å². The molecule has 4 N–H and O–H groups in total. The van der Waals surface area contributed by atoms with Gasteiger partial charge in [0.05, 0.1) is 18.5 Å². The number of carbonyl (C=O) groups is 2. The molecule has 2 atom stereocenters. The summed E-state index contributed by atoms with van der Waals surface area (Å²) in [6.07, 6.45) is 4.67. The Kier molecular flexibility index (Phi) is 6.26. The van der Waals surface area contributed by atoms with Crippen LogP contribution in [0.5, 0.6) is 0 Å². The number of hydrogen-bond donors (Lipinski definition) is 3. The monoisotopic (exact) mass is 382 g/mol. The summed E-state index contributed by atoms with van der Waals surface area (Å²) < 4.78 is 4.65. The van der Waals surface area contributed by atoms with E-state index in [1.807, 2.05) is 25.1 Å². The second-order valence-corrected chi connectivity index (χ2v) is 7.13. The number of nitrogens with two attached hydrogens (primary N) is 1. The molecule has 0 saturated carbocycles. The molecule has 1 aliphatic heterocycles. The predicted molar refractivity (Wildman–Crippen MR) is 109 cm³/mol. The molecular weight excluding hydrogens is 356 g/mol. The summed E-state index contributed by atoms with van der Waals surface area (Å²) in [5.74, 6) is -0.169. The summed E-state index contributed by atoms with van der Waals surface area (Å²) in [7, 11) is 1.30. The van der Waals surface area contributed by atoms with Gasteiger partial charge in [-0.15, -0.1) is 0 Å². The topological polar surface area (TPSA) is 106 Å². The van der Waals surface area contributed by atoms with Gasteiger partial charge in [-0.2, -0.15) is 0 Å². The minimum atomic E-state index is -0.568. The molecule has 28 heavy (non-hydrogen) atoms. The quantitative estimate of drug-likeness (QED) is 0.689. The Balaban J connectivity index is 2.05. The third-order valence-electron chi connectivity index (χ3n) is 5.03. The maximum atomic E-state index is 12.7. The van der Waals surface area contributed by atoms with Gasteiger partial charge in [-0.25, -0.2) is 4.79 Å². The van der Waals surface area contributed by atoms with Crippen LogP contribution in [-0.2, 0) is 9.53 Å². The average molecular weight is 382 g/mol. The third kappa shape index (κ3) is 4.67. The van der Waals surface area contributed by atoms with E-state index in [2.05, 4.69) is 20.4 Å². The minimum Gasteiger partial charge on any atom is -0.453 e. The highest BCUT2D eigenvalue weighted by Gasteiger charge is 2.18. The van der Waals surface area contributed by atoms with Gasteiger partial charge in [-0.3, -0.25) is 15.1 Å². The van der Waals surface area contributed by atoms with Crippen molar-refractivity contribution in [2.45, 2.75) is 38.6 Å². The van der Waals surface area contributed by atoms with E-state index in [0.29, 0.717) is 11.4 Å². The van der Waals surface area contributed by atoms with Crippen molar-refractivity contribution in [1.29, 1.82) is 0 Å². The van der Waals surface area contributed by atoms with Gasteiger partial charge in [0.2, 0.25) is 5.91 Å². The number of methoxy groups -OCH3 is 1. The van der Waals surface area contributed by atoms with Gasteiger partial charge < -0.3 is 15.8 Å². The van der Waals surface area contributed by atoms with Crippen LogP contribution < -0.4 is 16.4 Å². The van der Waals surface area contributed by atoms with Crippen molar-refractivity contribution in [3.05, 3.63) is 42.2 Å². The summed E-state index contributed by atoms with van der Waals surface area (Å²) in [6, 6.07) is 9.07. The Bertz CT molecular complexity index is 868. The summed E-state index contributed by atoms with van der Waals surface area (Å²) in [4.78, 5) is 28.7. The van der Waals surface area contributed by atoms with Crippen LogP contribution in [0.25, 0.3) is 11.1 Å². The molecule has 0 aliphatic carbocycles. The first-order valence-corrected chi connectivity index (χ1v) is 9.49. The number of hydrogen-bond acceptors (Lipinski definition) is 5. The second-order valence-electron chi connectivity index (χ2n) is 7.13. The van der Waals surface area contributed by atoms with Crippen LogP contribution in [0.2, 0.25) is 0 Å². The van der Waals surface area contributed by atoms with Crippen molar-refractivity contribution < 1.29 is 14.3 Å². The number of aromatic nitrogens is 1. The average Bonchev–Trinajstić information content (AvgIpc) is 2.70. The molecule has 1 aliphatic rings. The maximum Gasteiger partial charge on any atom is 0.411 e. The van der Waals surface area contributed by atoms with Crippen LogP contribution in [0.15, 0.2) is 36.5 Å². The number of fused-ring (bicyclic) bond motifs is 4. The number of ether oxygens (including phenoxy) is 1. The Labute approximate surface area is 164 Å².